The zero-order chi connectivity index (χ0) is 13.8. The molecular weight excluding hydrogens is 271 g/mol. The molecule has 0 amide bonds. The molecule has 6 heteroatoms. The Morgan fingerprint density at radius 1 is 1.26 bits per heavy atom. The summed E-state index contributed by atoms with van der Waals surface area (Å²) in [4.78, 5) is 0. The molecule has 98 valence electrons. The predicted octanol–water partition coefficient (Wildman–Crippen LogP) is 3.37. The smallest absolute Gasteiger partial charge is 0.173 e. The Morgan fingerprint density at radius 2 is 2.00 bits per heavy atom. The number of halogens is 2. The highest BCUT2D eigenvalue weighted by Gasteiger charge is 2.09. The topological polar surface area (TPSA) is 67.8 Å². The quantitative estimate of drug-likeness (QED) is 0.392. The average Bonchev–Trinajstić information content (AvgIpc) is 2.43. The van der Waals surface area contributed by atoms with Crippen LogP contribution in [0.25, 0.3) is 0 Å². The molecule has 0 aromatic heterocycles. The van der Waals surface area contributed by atoms with Crippen LogP contribution in [-0.2, 0) is 0 Å². The van der Waals surface area contributed by atoms with Gasteiger partial charge in [-0.25, -0.2) is 4.39 Å². The first-order valence-electron chi connectivity index (χ1n) is 5.31. The van der Waals surface area contributed by atoms with Crippen molar-refractivity contribution in [2.24, 2.45) is 10.9 Å². The van der Waals surface area contributed by atoms with Crippen LogP contribution in [-0.4, -0.2) is 11.0 Å². The molecule has 19 heavy (non-hydrogen) atoms. The summed E-state index contributed by atoms with van der Waals surface area (Å²) in [5.74, 6) is 0.118. The van der Waals surface area contributed by atoms with Gasteiger partial charge >= 0.3 is 0 Å². The van der Waals surface area contributed by atoms with Crippen LogP contribution in [0.3, 0.4) is 0 Å². The molecule has 0 heterocycles. The van der Waals surface area contributed by atoms with Gasteiger partial charge in [-0.1, -0.05) is 28.9 Å². The van der Waals surface area contributed by atoms with E-state index >= 15 is 0 Å². The molecule has 4 nitrogen and oxygen atoms in total. The molecule has 0 aliphatic rings. The molecule has 0 fully saturated rings. The lowest BCUT2D eigenvalue weighted by Gasteiger charge is -2.10. The third-order valence-electron chi connectivity index (χ3n) is 2.39. The van der Waals surface area contributed by atoms with Gasteiger partial charge in [0.15, 0.2) is 5.84 Å². The van der Waals surface area contributed by atoms with Crippen molar-refractivity contribution >= 4 is 17.4 Å². The zero-order valence-corrected chi connectivity index (χ0v) is 10.4. The molecule has 0 aliphatic heterocycles. The van der Waals surface area contributed by atoms with E-state index in [-0.39, 0.29) is 10.9 Å². The Morgan fingerprint density at radius 3 is 2.68 bits per heavy atom. The summed E-state index contributed by atoms with van der Waals surface area (Å²) < 4.78 is 18.6. The summed E-state index contributed by atoms with van der Waals surface area (Å²) in [6, 6.07) is 10.7. The maximum Gasteiger partial charge on any atom is 0.173 e. The van der Waals surface area contributed by atoms with Gasteiger partial charge in [-0.3, -0.25) is 0 Å². The van der Waals surface area contributed by atoms with Gasteiger partial charge in [-0.2, -0.15) is 0 Å². The van der Waals surface area contributed by atoms with Crippen molar-refractivity contribution in [1.29, 1.82) is 0 Å². The summed E-state index contributed by atoms with van der Waals surface area (Å²) in [7, 11) is 0. The summed E-state index contributed by atoms with van der Waals surface area (Å²) in [5.41, 5.74) is 5.96. The standard InChI is InChI=1S/C13H10ClFN2O2/c14-10-7-8(5-6-11(10)15)19-12-4-2-1-3-9(12)13(16)17-18/h1-7,18H,(H2,16,17). The molecule has 2 rings (SSSR count). The third kappa shape index (κ3) is 2.95. The Bertz CT molecular complexity index is 632. The number of hydrogen-bond acceptors (Lipinski definition) is 3. The third-order valence-corrected chi connectivity index (χ3v) is 2.68. The lowest BCUT2D eigenvalue weighted by Crippen LogP contribution is -2.14. The van der Waals surface area contributed by atoms with Crippen molar-refractivity contribution in [1.82, 2.24) is 0 Å². The Balaban J connectivity index is 2.35. The average molecular weight is 281 g/mol. The molecule has 0 aliphatic carbocycles. The molecule has 2 aromatic rings. The van der Waals surface area contributed by atoms with E-state index in [9.17, 15) is 4.39 Å². The number of oxime groups is 1. The number of benzene rings is 2. The van der Waals surface area contributed by atoms with Crippen molar-refractivity contribution in [3.05, 3.63) is 58.9 Å². The maximum absolute atomic E-state index is 13.0. The van der Waals surface area contributed by atoms with Crippen LogP contribution in [0.2, 0.25) is 5.02 Å². The number of ether oxygens (including phenoxy) is 1. The first-order chi connectivity index (χ1) is 9.11. The SMILES string of the molecule is N/C(=N/O)c1ccccc1Oc1ccc(F)c(Cl)c1. The van der Waals surface area contributed by atoms with Gasteiger partial charge in [0.1, 0.15) is 17.3 Å². The van der Waals surface area contributed by atoms with E-state index in [2.05, 4.69) is 5.16 Å². The first-order valence-corrected chi connectivity index (χ1v) is 5.69. The van der Waals surface area contributed by atoms with Crippen molar-refractivity contribution < 1.29 is 14.3 Å². The van der Waals surface area contributed by atoms with Gasteiger partial charge in [-0.05, 0) is 24.3 Å². The minimum atomic E-state index is -0.529. The highest BCUT2D eigenvalue weighted by Crippen LogP contribution is 2.28. The fourth-order valence-corrected chi connectivity index (χ4v) is 1.66. The maximum atomic E-state index is 13.0. The van der Waals surface area contributed by atoms with E-state index in [0.29, 0.717) is 17.1 Å². The van der Waals surface area contributed by atoms with Crippen LogP contribution < -0.4 is 10.5 Å². The van der Waals surface area contributed by atoms with Crippen LogP contribution in [0.1, 0.15) is 5.56 Å². The van der Waals surface area contributed by atoms with Gasteiger partial charge in [0.25, 0.3) is 0 Å². The number of nitrogens with zero attached hydrogens (tertiary/aromatic N) is 1. The van der Waals surface area contributed by atoms with E-state index in [0.717, 1.165) is 0 Å². The Labute approximate surface area is 113 Å². The summed E-state index contributed by atoms with van der Waals surface area (Å²) in [5, 5.41) is 11.6. The second-order valence-corrected chi connectivity index (χ2v) is 4.07. The molecule has 0 saturated heterocycles. The van der Waals surface area contributed by atoms with Gasteiger partial charge in [0, 0.05) is 6.07 Å². The normalized spacial score (nSPS) is 11.4. The molecule has 2 aromatic carbocycles. The molecular formula is C13H10ClFN2O2. The minimum absolute atomic E-state index is 0.0428. The van der Waals surface area contributed by atoms with Crippen molar-refractivity contribution in [3.8, 4) is 11.5 Å². The van der Waals surface area contributed by atoms with E-state index in [1.165, 1.54) is 18.2 Å². The molecule has 0 bridgehead atoms. The van der Waals surface area contributed by atoms with Crippen molar-refractivity contribution in [3.63, 3.8) is 0 Å². The lowest BCUT2D eigenvalue weighted by atomic mass is 10.2. The van der Waals surface area contributed by atoms with Crippen LogP contribution in [0.5, 0.6) is 11.5 Å². The van der Waals surface area contributed by atoms with Crippen LogP contribution in [0, 0.1) is 5.82 Å². The lowest BCUT2D eigenvalue weighted by molar-refractivity contribution is 0.318. The van der Waals surface area contributed by atoms with E-state index in [4.69, 9.17) is 27.3 Å². The second-order valence-electron chi connectivity index (χ2n) is 3.66. The largest absolute Gasteiger partial charge is 0.457 e. The molecule has 0 radical (unpaired) electrons. The zero-order valence-electron chi connectivity index (χ0n) is 9.68. The minimum Gasteiger partial charge on any atom is -0.457 e. The van der Waals surface area contributed by atoms with Gasteiger partial charge in [0.2, 0.25) is 0 Å². The summed E-state index contributed by atoms with van der Waals surface area (Å²) in [6.07, 6.45) is 0. The van der Waals surface area contributed by atoms with E-state index in [1.807, 2.05) is 0 Å². The Hall–Kier alpha value is -2.27. The van der Waals surface area contributed by atoms with Gasteiger partial charge in [-0.15, -0.1) is 0 Å². The number of nitrogens with two attached hydrogens (primary N) is 1. The Kier molecular flexibility index (Phi) is 3.87. The first kappa shape index (κ1) is 13.2. The second kappa shape index (κ2) is 5.58. The summed E-state index contributed by atoms with van der Waals surface area (Å²) >= 11 is 5.67. The highest BCUT2D eigenvalue weighted by molar-refractivity contribution is 6.30. The van der Waals surface area contributed by atoms with Crippen LogP contribution in [0.4, 0.5) is 4.39 Å². The number of hydrogen-bond donors (Lipinski definition) is 2. The molecule has 0 atom stereocenters. The molecule has 0 spiro atoms. The predicted molar refractivity (Wildman–Crippen MR) is 70.4 cm³/mol. The monoisotopic (exact) mass is 280 g/mol. The van der Waals surface area contributed by atoms with Crippen molar-refractivity contribution in [2.45, 2.75) is 0 Å². The van der Waals surface area contributed by atoms with Crippen molar-refractivity contribution in [2.75, 3.05) is 0 Å². The highest BCUT2D eigenvalue weighted by atomic mass is 35.5. The number of rotatable bonds is 3. The van der Waals surface area contributed by atoms with Crippen LogP contribution >= 0.6 is 11.6 Å². The van der Waals surface area contributed by atoms with Crippen LogP contribution in [0.15, 0.2) is 47.6 Å². The fraction of sp³-hybridized carbons (Fsp3) is 0. The number of para-hydroxylation sites is 1. The number of amidine groups is 1. The fourth-order valence-electron chi connectivity index (χ4n) is 1.49. The molecule has 0 unspecified atom stereocenters. The van der Waals surface area contributed by atoms with Gasteiger partial charge < -0.3 is 15.7 Å². The van der Waals surface area contributed by atoms with E-state index < -0.39 is 5.82 Å². The summed E-state index contributed by atoms with van der Waals surface area (Å²) in [6.45, 7) is 0. The molecule has 0 saturated carbocycles. The molecule has 3 N–H and O–H groups in total. The van der Waals surface area contributed by atoms with E-state index in [1.54, 1.807) is 24.3 Å². The van der Waals surface area contributed by atoms with Gasteiger partial charge in [0.05, 0.1) is 10.6 Å².